The zero-order valence-electron chi connectivity index (χ0n) is 13.2. The molecule has 0 saturated carbocycles. The van der Waals surface area contributed by atoms with Crippen molar-refractivity contribution in [1.82, 2.24) is 5.32 Å². The molecule has 4 heteroatoms. The van der Waals surface area contributed by atoms with Crippen LogP contribution in [0.5, 0.6) is 0 Å². The van der Waals surface area contributed by atoms with E-state index in [1.807, 2.05) is 50.2 Å². The van der Waals surface area contributed by atoms with Gasteiger partial charge in [-0.05, 0) is 37.5 Å². The summed E-state index contributed by atoms with van der Waals surface area (Å²) in [5.74, 6) is 0.416. The van der Waals surface area contributed by atoms with E-state index >= 15 is 0 Å². The van der Waals surface area contributed by atoms with Gasteiger partial charge in [0.2, 0.25) is 0 Å². The lowest BCUT2D eigenvalue weighted by Gasteiger charge is -2.31. The third-order valence-corrected chi connectivity index (χ3v) is 3.35. The number of anilines is 1. The molecule has 0 bridgehead atoms. The van der Waals surface area contributed by atoms with E-state index < -0.39 is 0 Å². The SMILES string of the molecule is CC(C)CC(C)(CN)NC(=O)c1cccc(N(C)C)c1. The third-order valence-electron chi connectivity index (χ3n) is 3.35. The van der Waals surface area contributed by atoms with Crippen LogP contribution in [-0.4, -0.2) is 32.1 Å². The number of nitrogens with two attached hydrogens (primary N) is 1. The summed E-state index contributed by atoms with van der Waals surface area (Å²) >= 11 is 0. The van der Waals surface area contributed by atoms with Gasteiger partial charge in [-0.15, -0.1) is 0 Å². The number of carbonyl (C=O) groups excluding carboxylic acids is 1. The molecule has 0 aliphatic carbocycles. The number of hydrogen-bond acceptors (Lipinski definition) is 3. The molecular formula is C16H27N3O. The summed E-state index contributed by atoms with van der Waals surface area (Å²) in [4.78, 5) is 14.4. The molecule has 1 rings (SSSR count). The number of nitrogens with one attached hydrogen (secondary N) is 1. The van der Waals surface area contributed by atoms with Crippen molar-refractivity contribution in [1.29, 1.82) is 0 Å². The average molecular weight is 277 g/mol. The predicted octanol–water partition coefficient (Wildman–Crippen LogP) is 2.25. The van der Waals surface area contributed by atoms with E-state index in [-0.39, 0.29) is 11.4 Å². The van der Waals surface area contributed by atoms with Gasteiger partial charge < -0.3 is 16.0 Å². The molecule has 1 aromatic rings. The maximum absolute atomic E-state index is 12.4. The topological polar surface area (TPSA) is 58.4 Å². The lowest BCUT2D eigenvalue weighted by atomic mass is 9.90. The molecule has 0 aliphatic heterocycles. The minimum atomic E-state index is -0.362. The van der Waals surface area contributed by atoms with Gasteiger partial charge in [0.15, 0.2) is 0 Å². The molecule has 0 aromatic heterocycles. The smallest absolute Gasteiger partial charge is 0.251 e. The van der Waals surface area contributed by atoms with Crippen LogP contribution >= 0.6 is 0 Å². The zero-order valence-corrected chi connectivity index (χ0v) is 13.2. The molecule has 1 aromatic carbocycles. The maximum atomic E-state index is 12.4. The van der Waals surface area contributed by atoms with Gasteiger partial charge in [0.05, 0.1) is 0 Å². The van der Waals surface area contributed by atoms with Crippen LogP contribution in [0.4, 0.5) is 5.69 Å². The van der Waals surface area contributed by atoms with Gasteiger partial charge in [-0.25, -0.2) is 0 Å². The molecule has 20 heavy (non-hydrogen) atoms. The van der Waals surface area contributed by atoms with Crippen LogP contribution in [0, 0.1) is 5.92 Å². The summed E-state index contributed by atoms with van der Waals surface area (Å²) < 4.78 is 0. The van der Waals surface area contributed by atoms with Gasteiger partial charge in [-0.3, -0.25) is 4.79 Å². The predicted molar refractivity (Wildman–Crippen MR) is 85.1 cm³/mol. The monoisotopic (exact) mass is 277 g/mol. The standard InChI is InChI=1S/C16H27N3O/c1-12(2)10-16(3,11-17)18-15(20)13-7-6-8-14(9-13)19(4)5/h6-9,12H,10-11,17H2,1-5H3,(H,18,20). The molecular weight excluding hydrogens is 250 g/mol. The molecule has 3 N–H and O–H groups in total. The Morgan fingerprint density at radius 1 is 1.40 bits per heavy atom. The second-order valence-corrected chi connectivity index (χ2v) is 6.26. The molecule has 0 spiro atoms. The first-order chi connectivity index (χ1) is 9.27. The first-order valence-electron chi connectivity index (χ1n) is 7.07. The Bertz CT molecular complexity index is 457. The number of nitrogens with zero attached hydrogens (tertiary/aromatic N) is 1. The van der Waals surface area contributed by atoms with E-state index in [0.717, 1.165) is 12.1 Å². The fourth-order valence-electron chi connectivity index (χ4n) is 2.36. The highest BCUT2D eigenvalue weighted by atomic mass is 16.1. The van der Waals surface area contributed by atoms with E-state index in [4.69, 9.17) is 5.73 Å². The molecule has 0 heterocycles. The molecule has 1 unspecified atom stereocenters. The van der Waals surface area contributed by atoms with Gasteiger partial charge in [0, 0.05) is 37.4 Å². The molecule has 0 fully saturated rings. The summed E-state index contributed by atoms with van der Waals surface area (Å²) in [5.41, 5.74) is 7.15. The second-order valence-electron chi connectivity index (χ2n) is 6.26. The van der Waals surface area contributed by atoms with Gasteiger partial charge in [-0.1, -0.05) is 19.9 Å². The molecule has 112 valence electrons. The minimum Gasteiger partial charge on any atom is -0.378 e. The fourth-order valence-corrected chi connectivity index (χ4v) is 2.36. The van der Waals surface area contributed by atoms with Crippen molar-refractivity contribution in [2.75, 3.05) is 25.5 Å². The van der Waals surface area contributed by atoms with Gasteiger partial charge in [0.25, 0.3) is 5.91 Å². The molecule has 4 nitrogen and oxygen atoms in total. The summed E-state index contributed by atoms with van der Waals surface area (Å²) in [6.07, 6.45) is 0.864. The normalized spacial score (nSPS) is 13.9. The van der Waals surface area contributed by atoms with Crippen LogP contribution in [0.25, 0.3) is 0 Å². The highest BCUT2D eigenvalue weighted by Gasteiger charge is 2.26. The largest absolute Gasteiger partial charge is 0.378 e. The van der Waals surface area contributed by atoms with E-state index in [1.54, 1.807) is 0 Å². The minimum absolute atomic E-state index is 0.0673. The lowest BCUT2D eigenvalue weighted by Crippen LogP contribution is -2.52. The van der Waals surface area contributed by atoms with Crippen LogP contribution < -0.4 is 16.0 Å². The van der Waals surface area contributed by atoms with Crippen LogP contribution in [0.15, 0.2) is 24.3 Å². The zero-order chi connectivity index (χ0) is 15.3. The molecule has 0 aliphatic rings. The summed E-state index contributed by atoms with van der Waals surface area (Å²) in [6, 6.07) is 7.59. The van der Waals surface area contributed by atoms with E-state index in [2.05, 4.69) is 19.2 Å². The lowest BCUT2D eigenvalue weighted by molar-refractivity contribution is 0.0898. The second kappa shape index (κ2) is 6.75. The molecule has 0 radical (unpaired) electrons. The first kappa shape index (κ1) is 16.5. The first-order valence-corrected chi connectivity index (χ1v) is 7.07. The van der Waals surface area contributed by atoms with Crippen molar-refractivity contribution in [2.45, 2.75) is 32.7 Å². The van der Waals surface area contributed by atoms with Gasteiger partial charge in [-0.2, -0.15) is 0 Å². The van der Waals surface area contributed by atoms with Crippen LogP contribution in [-0.2, 0) is 0 Å². The van der Waals surface area contributed by atoms with Gasteiger partial charge >= 0.3 is 0 Å². The van der Waals surface area contributed by atoms with Crippen LogP contribution in [0.2, 0.25) is 0 Å². The maximum Gasteiger partial charge on any atom is 0.251 e. The Balaban J connectivity index is 2.87. The molecule has 0 saturated heterocycles. The Morgan fingerprint density at radius 2 is 2.05 bits per heavy atom. The van der Waals surface area contributed by atoms with Crippen LogP contribution in [0.3, 0.4) is 0 Å². The summed E-state index contributed by atoms with van der Waals surface area (Å²) in [7, 11) is 3.92. The molecule has 1 atom stereocenters. The highest BCUT2D eigenvalue weighted by Crippen LogP contribution is 2.18. The van der Waals surface area contributed by atoms with Crippen molar-refractivity contribution >= 4 is 11.6 Å². The number of benzene rings is 1. The van der Waals surface area contributed by atoms with Crippen molar-refractivity contribution in [3.05, 3.63) is 29.8 Å². The van der Waals surface area contributed by atoms with Crippen molar-refractivity contribution in [3.63, 3.8) is 0 Å². The van der Waals surface area contributed by atoms with E-state index in [0.29, 0.717) is 18.0 Å². The van der Waals surface area contributed by atoms with Crippen molar-refractivity contribution in [3.8, 4) is 0 Å². The van der Waals surface area contributed by atoms with Gasteiger partial charge in [0.1, 0.15) is 0 Å². The van der Waals surface area contributed by atoms with E-state index in [9.17, 15) is 4.79 Å². The number of carbonyl (C=O) groups is 1. The van der Waals surface area contributed by atoms with E-state index in [1.165, 1.54) is 0 Å². The number of rotatable bonds is 6. The average Bonchev–Trinajstić information content (AvgIpc) is 2.37. The Hall–Kier alpha value is -1.55. The van der Waals surface area contributed by atoms with Crippen LogP contribution in [0.1, 0.15) is 37.6 Å². The Labute approximate surface area is 122 Å². The molecule has 1 amide bonds. The van der Waals surface area contributed by atoms with Crippen molar-refractivity contribution in [2.24, 2.45) is 11.7 Å². The number of hydrogen-bond donors (Lipinski definition) is 2. The summed E-state index contributed by atoms with van der Waals surface area (Å²) in [6.45, 7) is 6.70. The summed E-state index contributed by atoms with van der Waals surface area (Å²) in [5, 5.41) is 3.07. The third kappa shape index (κ3) is 4.53. The number of amides is 1. The quantitative estimate of drug-likeness (QED) is 0.838. The fraction of sp³-hybridized carbons (Fsp3) is 0.562. The van der Waals surface area contributed by atoms with Crippen molar-refractivity contribution < 1.29 is 4.79 Å². The Morgan fingerprint density at radius 3 is 2.55 bits per heavy atom. The highest BCUT2D eigenvalue weighted by molar-refractivity contribution is 5.95. The Kier molecular flexibility index (Phi) is 5.57.